The molecule has 0 aliphatic rings. The summed E-state index contributed by atoms with van der Waals surface area (Å²) in [7, 11) is 0. The topological polar surface area (TPSA) is 38.3 Å². The van der Waals surface area contributed by atoms with E-state index in [1.165, 1.54) is 12.1 Å². The first-order valence-electron chi connectivity index (χ1n) is 7.15. The van der Waals surface area contributed by atoms with Gasteiger partial charge in [0.1, 0.15) is 22.9 Å². The van der Waals surface area contributed by atoms with Gasteiger partial charge in [0.25, 0.3) is 0 Å². The van der Waals surface area contributed by atoms with Gasteiger partial charge in [-0.05, 0) is 50.2 Å². The van der Waals surface area contributed by atoms with Gasteiger partial charge in [-0.25, -0.2) is 4.39 Å². The number of fused-ring (bicyclic) bond motifs is 1. The molecule has 0 spiro atoms. The molecule has 1 unspecified atom stereocenters. The van der Waals surface area contributed by atoms with E-state index in [-0.39, 0.29) is 11.9 Å². The second-order valence-corrected chi connectivity index (χ2v) is 5.21. The van der Waals surface area contributed by atoms with Gasteiger partial charge in [0.2, 0.25) is 0 Å². The lowest BCUT2D eigenvalue weighted by molar-refractivity contribution is 0.463. The van der Waals surface area contributed by atoms with Crippen LogP contribution < -0.4 is 5.32 Å². The van der Waals surface area contributed by atoms with Crippen molar-refractivity contribution < 1.29 is 13.2 Å². The van der Waals surface area contributed by atoms with E-state index in [1.807, 2.05) is 19.1 Å². The van der Waals surface area contributed by atoms with Crippen molar-refractivity contribution in [2.45, 2.75) is 26.3 Å². The van der Waals surface area contributed by atoms with E-state index in [2.05, 4.69) is 12.2 Å². The summed E-state index contributed by atoms with van der Waals surface area (Å²) in [4.78, 5) is 0. The molecule has 0 radical (unpaired) electrons. The van der Waals surface area contributed by atoms with Crippen LogP contribution in [0, 0.1) is 12.7 Å². The van der Waals surface area contributed by atoms with Crippen molar-refractivity contribution in [3.05, 3.63) is 59.5 Å². The molecular formula is C17H18FNO2. The Morgan fingerprint density at radius 1 is 1.24 bits per heavy atom. The van der Waals surface area contributed by atoms with Gasteiger partial charge in [0.15, 0.2) is 0 Å². The normalized spacial score (nSPS) is 12.9. The maximum Gasteiger partial charge on any atom is 0.134 e. The Morgan fingerprint density at radius 2 is 2.10 bits per heavy atom. The molecule has 1 N–H and O–H groups in total. The summed E-state index contributed by atoms with van der Waals surface area (Å²) in [6, 6.07) is 8.34. The highest BCUT2D eigenvalue weighted by Gasteiger charge is 2.20. The lowest BCUT2D eigenvalue weighted by Gasteiger charge is -2.14. The number of halogens is 1. The van der Waals surface area contributed by atoms with E-state index in [0.29, 0.717) is 5.58 Å². The number of hydrogen-bond acceptors (Lipinski definition) is 3. The highest BCUT2D eigenvalue weighted by Crippen LogP contribution is 2.29. The minimum atomic E-state index is -0.257. The average Bonchev–Trinajstić information content (AvgIpc) is 3.05. The highest BCUT2D eigenvalue weighted by atomic mass is 19.1. The van der Waals surface area contributed by atoms with Crippen LogP contribution in [0.5, 0.6) is 0 Å². The van der Waals surface area contributed by atoms with Gasteiger partial charge in [-0.1, -0.05) is 6.92 Å². The fourth-order valence-electron chi connectivity index (χ4n) is 2.46. The van der Waals surface area contributed by atoms with Crippen LogP contribution in [-0.2, 0) is 0 Å². The molecule has 0 amide bonds. The molecule has 0 aliphatic heterocycles. The fourth-order valence-corrected chi connectivity index (χ4v) is 2.46. The van der Waals surface area contributed by atoms with Crippen molar-refractivity contribution in [1.29, 1.82) is 0 Å². The zero-order chi connectivity index (χ0) is 14.8. The third-order valence-corrected chi connectivity index (χ3v) is 3.46. The van der Waals surface area contributed by atoms with E-state index in [1.54, 1.807) is 12.3 Å². The molecule has 2 heterocycles. The first kappa shape index (κ1) is 13.9. The maximum absolute atomic E-state index is 13.3. The van der Waals surface area contributed by atoms with E-state index in [4.69, 9.17) is 8.83 Å². The molecule has 3 nitrogen and oxygen atoms in total. The van der Waals surface area contributed by atoms with E-state index < -0.39 is 0 Å². The molecule has 21 heavy (non-hydrogen) atoms. The van der Waals surface area contributed by atoms with Crippen LogP contribution in [0.15, 0.2) is 45.4 Å². The molecule has 1 atom stereocenters. The van der Waals surface area contributed by atoms with Crippen molar-refractivity contribution >= 4 is 11.0 Å². The predicted molar refractivity (Wildman–Crippen MR) is 79.8 cm³/mol. The zero-order valence-corrected chi connectivity index (χ0v) is 12.2. The number of rotatable bonds is 5. The van der Waals surface area contributed by atoms with Gasteiger partial charge in [-0.15, -0.1) is 0 Å². The Bertz CT molecular complexity index is 744. The van der Waals surface area contributed by atoms with E-state index in [9.17, 15) is 4.39 Å². The molecule has 3 aromatic rings. The molecule has 1 aromatic carbocycles. The number of benzene rings is 1. The summed E-state index contributed by atoms with van der Waals surface area (Å²) in [6.45, 7) is 4.88. The molecule has 0 fully saturated rings. The number of furan rings is 2. The summed E-state index contributed by atoms with van der Waals surface area (Å²) in [5.41, 5.74) is 1.70. The SMILES string of the molecule is CCCNC(c1coc(C)c1)c1cc2cc(F)ccc2o1. The smallest absolute Gasteiger partial charge is 0.134 e. The minimum Gasteiger partial charge on any atom is -0.469 e. The summed E-state index contributed by atoms with van der Waals surface area (Å²) in [5.74, 6) is 1.37. The molecule has 2 aromatic heterocycles. The van der Waals surface area contributed by atoms with Crippen LogP contribution >= 0.6 is 0 Å². The maximum atomic E-state index is 13.3. The summed E-state index contributed by atoms with van der Waals surface area (Å²) >= 11 is 0. The molecule has 0 aliphatic carbocycles. The first-order valence-corrected chi connectivity index (χ1v) is 7.15. The molecular weight excluding hydrogens is 269 g/mol. The third kappa shape index (κ3) is 2.85. The van der Waals surface area contributed by atoms with Crippen molar-refractivity contribution in [3.8, 4) is 0 Å². The number of hydrogen-bond donors (Lipinski definition) is 1. The van der Waals surface area contributed by atoms with Crippen molar-refractivity contribution in [1.82, 2.24) is 5.32 Å². The molecule has 0 bridgehead atoms. The van der Waals surface area contributed by atoms with Gasteiger partial charge in [0, 0.05) is 10.9 Å². The van der Waals surface area contributed by atoms with E-state index >= 15 is 0 Å². The molecule has 0 saturated carbocycles. The molecule has 110 valence electrons. The largest absolute Gasteiger partial charge is 0.469 e. The van der Waals surface area contributed by atoms with Crippen molar-refractivity contribution in [2.75, 3.05) is 6.54 Å². The Morgan fingerprint density at radius 3 is 2.81 bits per heavy atom. The van der Waals surface area contributed by atoms with Crippen LogP contribution in [0.2, 0.25) is 0 Å². The Balaban J connectivity index is 2.00. The quantitative estimate of drug-likeness (QED) is 0.747. The standard InChI is InChI=1S/C17H18FNO2/c1-3-6-19-17(13-7-11(2)20-10-13)16-9-12-8-14(18)4-5-15(12)21-16/h4-5,7-10,17,19H,3,6H2,1-2H3. The van der Waals surface area contributed by atoms with Crippen LogP contribution in [0.3, 0.4) is 0 Å². The minimum absolute atomic E-state index is 0.0853. The molecule has 0 saturated heterocycles. The van der Waals surface area contributed by atoms with Gasteiger partial charge < -0.3 is 14.2 Å². The number of nitrogens with one attached hydrogen (secondary N) is 1. The first-order chi connectivity index (χ1) is 10.2. The zero-order valence-electron chi connectivity index (χ0n) is 12.2. The average molecular weight is 287 g/mol. The van der Waals surface area contributed by atoms with Crippen LogP contribution in [0.4, 0.5) is 4.39 Å². The summed E-state index contributed by atoms with van der Waals surface area (Å²) in [5, 5.41) is 4.22. The second kappa shape index (κ2) is 5.74. The van der Waals surface area contributed by atoms with Crippen LogP contribution in [0.25, 0.3) is 11.0 Å². The summed E-state index contributed by atoms with van der Waals surface area (Å²) < 4.78 is 24.6. The van der Waals surface area contributed by atoms with Gasteiger partial charge in [-0.3, -0.25) is 0 Å². The monoisotopic (exact) mass is 287 g/mol. The Labute approximate surface area is 122 Å². The van der Waals surface area contributed by atoms with Gasteiger partial charge >= 0.3 is 0 Å². The van der Waals surface area contributed by atoms with Crippen molar-refractivity contribution in [2.24, 2.45) is 0 Å². The van der Waals surface area contributed by atoms with E-state index in [0.717, 1.165) is 35.4 Å². The third-order valence-electron chi connectivity index (χ3n) is 3.46. The Kier molecular flexibility index (Phi) is 3.80. The van der Waals surface area contributed by atoms with Crippen LogP contribution in [-0.4, -0.2) is 6.54 Å². The number of aryl methyl sites for hydroxylation is 1. The predicted octanol–water partition coefficient (Wildman–Crippen LogP) is 4.56. The fraction of sp³-hybridized carbons (Fsp3) is 0.294. The summed E-state index contributed by atoms with van der Waals surface area (Å²) in [6.07, 6.45) is 2.75. The van der Waals surface area contributed by atoms with Gasteiger partial charge in [0.05, 0.1) is 12.3 Å². The lowest BCUT2D eigenvalue weighted by Crippen LogP contribution is -2.22. The molecule has 3 rings (SSSR count). The second-order valence-electron chi connectivity index (χ2n) is 5.21. The highest BCUT2D eigenvalue weighted by molar-refractivity contribution is 5.78. The van der Waals surface area contributed by atoms with Gasteiger partial charge in [-0.2, -0.15) is 0 Å². The van der Waals surface area contributed by atoms with Crippen molar-refractivity contribution in [3.63, 3.8) is 0 Å². The van der Waals surface area contributed by atoms with Crippen LogP contribution in [0.1, 0.15) is 36.5 Å². The Hall–Kier alpha value is -2.07. The lowest BCUT2D eigenvalue weighted by atomic mass is 10.1. The molecule has 4 heteroatoms.